The topological polar surface area (TPSA) is 234 Å². The van der Waals surface area contributed by atoms with Crippen molar-refractivity contribution in [3.05, 3.63) is 109 Å². The van der Waals surface area contributed by atoms with E-state index in [-0.39, 0.29) is 30.6 Å². The van der Waals surface area contributed by atoms with Crippen LogP contribution in [0.3, 0.4) is 0 Å². The lowest BCUT2D eigenvalue weighted by Crippen LogP contribution is -2.43. The van der Waals surface area contributed by atoms with Gasteiger partial charge >= 0.3 is 18.5 Å². The predicted octanol–water partition coefficient (Wildman–Crippen LogP) is 11.2. The first-order valence-corrected chi connectivity index (χ1v) is 28.7. The van der Waals surface area contributed by atoms with Crippen LogP contribution in [0.5, 0.6) is 0 Å². The molecule has 3 fully saturated rings. The molecule has 6 unspecified atom stereocenters. The Morgan fingerprint density at radius 2 is 0.943 bits per heavy atom. The highest BCUT2D eigenvalue weighted by atomic mass is 19.4. The van der Waals surface area contributed by atoms with Crippen molar-refractivity contribution >= 4 is 69.9 Å². The molecule has 30 heteroatoms. The fourth-order valence-corrected chi connectivity index (χ4v) is 11.7. The van der Waals surface area contributed by atoms with Gasteiger partial charge in [-0.25, -0.2) is 29.9 Å². The number of aromatic nitrogens is 12. The number of nitrogens with one attached hydrogen (secondary N) is 3. The van der Waals surface area contributed by atoms with Crippen molar-refractivity contribution < 1.29 is 58.6 Å². The Balaban J connectivity index is 0.000000148. The zero-order chi connectivity index (χ0) is 62.8. The summed E-state index contributed by atoms with van der Waals surface area (Å²) in [4.78, 5) is 63.8. The van der Waals surface area contributed by atoms with Crippen molar-refractivity contribution in [1.29, 1.82) is 0 Å². The van der Waals surface area contributed by atoms with E-state index in [1.807, 2.05) is 51.8 Å². The van der Waals surface area contributed by atoms with E-state index < -0.39 is 69.1 Å². The Labute approximate surface area is 500 Å². The van der Waals surface area contributed by atoms with Gasteiger partial charge in [0.1, 0.15) is 0 Å². The van der Waals surface area contributed by atoms with Gasteiger partial charge in [0.25, 0.3) is 6.47 Å². The van der Waals surface area contributed by atoms with E-state index in [0.29, 0.717) is 30.7 Å². The number of hydrogen-bond donors (Lipinski definition) is 3. The van der Waals surface area contributed by atoms with Gasteiger partial charge in [-0.05, 0) is 111 Å². The third-order valence-corrected chi connectivity index (χ3v) is 15.5. The molecular weight excluding hydrogens is 1170 g/mol. The maximum absolute atomic E-state index is 12.5. The van der Waals surface area contributed by atoms with Gasteiger partial charge in [-0.2, -0.15) is 54.8 Å². The zero-order valence-electron chi connectivity index (χ0n) is 48.3. The van der Waals surface area contributed by atoms with Crippen LogP contribution in [-0.2, 0) is 40.3 Å². The van der Waals surface area contributed by atoms with Crippen LogP contribution in [0.15, 0.2) is 92.2 Å². The first-order valence-electron chi connectivity index (χ1n) is 28.7. The van der Waals surface area contributed by atoms with Crippen LogP contribution in [0, 0.1) is 11.8 Å². The average molecular weight is 1240 g/mol. The number of carbonyl (C=O) groups excluding carboxylic acids is 3. The van der Waals surface area contributed by atoms with E-state index in [4.69, 9.17) is 0 Å². The fourth-order valence-electron chi connectivity index (χ4n) is 11.7. The molecule has 6 aromatic heterocycles. The summed E-state index contributed by atoms with van der Waals surface area (Å²) in [5, 5.41) is 21.7. The van der Waals surface area contributed by atoms with Crippen molar-refractivity contribution in [2.45, 2.75) is 139 Å². The molecule has 2 amide bonds. The first kappa shape index (κ1) is 63.8. The summed E-state index contributed by atoms with van der Waals surface area (Å²) in [5.41, 5.74) is 8.40. The highest BCUT2D eigenvalue weighted by Crippen LogP contribution is 2.44. The van der Waals surface area contributed by atoms with Crippen LogP contribution in [0.4, 0.5) is 74.4 Å². The van der Waals surface area contributed by atoms with E-state index in [2.05, 4.69) is 72.0 Å². The molecule has 2 saturated heterocycles. The van der Waals surface area contributed by atoms with Gasteiger partial charge in [-0.3, -0.25) is 28.4 Å². The number of alkyl halides is 9. The molecule has 12 rings (SSSR count). The summed E-state index contributed by atoms with van der Waals surface area (Å²) in [5.74, 6) is 2.29. The molecule has 1 saturated carbocycles. The first-order chi connectivity index (χ1) is 41.9. The standard InChI is InChI=1S/2C19H21F3N6O.C16H19N5.C4H5F3O2/c2*1-27-11-13(10-24-27)25-18-23-7-5-16(26-18)12-8-14-2-3-15(9-12)28(14)17(29)4-6-19(20,21)22;1-21-10-14(9-18-21)19-16-17-5-4-15(20-16)13-7-11-2-3-12(6-11)8-13;5-4(6,7)1-2-9-3-8/h2*5,7-8,10-11,14-15H,2-4,6,9H2,1H3,(H,23,25,26);4-5,7,9-12H,2-3,6,8H2,1H3,(H,17,19,20);3H,1-2H2. The van der Waals surface area contributed by atoms with E-state index in [9.17, 15) is 53.9 Å². The minimum Gasteiger partial charge on any atom is -0.468 e. The number of amides is 2. The number of aryl methyl sites for hydroxylation is 3. The monoisotopic (exact) mass is 1240 g/mol. The quantitative estimate of drug-likeness (QED) is 0.0464. The van der Waals surface area contributed by atoms with Gasteiger partial charge in [0.2, 0.25) is 29.7 Å². The van der Waals surface area contributed by atoms with E-state index in [1.165, 1.54) is 31.3 Å². The van der Waals surface area contributed by atoms with Crippen molar-refractivity contribution in [2.24, 2.45) is 33.0 Å². The Kier molecular flexibility index (Phi) is 20.3. The lowest BCUT2D eigenvalue weighted by molar-refractivity contribution is -0.151. The molecule has 6 aromatic rings. The Bertz CT molecular complexity index is 3310. The zero-order valence-corrected chi connectivity index (χ0v) is 48.3. The summed E-state index contributed by atoms with van der Waals surface area (Å²) in [6, 6.07) is 5.13. The van der Waals surface area contributed by atoms with Gasteiger partial charge in [0.15, 0.2) is 0 Å². The molecular formula is C58H66F9N17O4. The van der Waals surface area contributed by atoms with Crippen LogP contribution in [0.2, 0.25) is 0 Å². The number of nitrogens with zero attached hydrogens (tertiary/aromatic N) is 14. The lowest BCUT2D eigenvalue weighted by atomic mass is 9.88. The van der Waals surface area contributed by atoms with Crippen molar-refractivity contribution in [3.8, 4) is 0 Å². The van der Waals surface area contributed by atoms with Gasteiger partial charge in [-0.15, -0.1) is 0 Å². The Hall–Kier alpha value is -8.73. The molecule has 6 atom stereocenters. The Morgan fingerprint density at radius 3 is 1.28 bits per heavy atom. The average Bonchev–Trinajstić information content (AvgIpc) is 3.12. The van der Waals surface area contributed by atoms with Crippen LogP contribution in [-0.4, -0.2) is 137 Å². The van der Waals surface area contributed by atoms with E-state index >= 15 is 0 Å². The van der Waals surface area contributed by atoms with Crippen molar-refractivity contribution in [1.82, 2.24) is 69.0 Å². The number of allylic oxidation sites excluding steroid dienone is 2. The highest BCUT2D eigenvalue weighted by molar-refractivity contribution is 5.81. The van der Waals surface area contributed by atoms with E-state index in [1.54, 1.807) is 79.4 Å². The van der Waals surface area contributed by atoms with Gasteiger partial charge in [-0.1, -0.05) is 18.2 Å². The number of carbonyl (C=O) groups is 3. The SMILES string of the molecule is Cn1cc(Nc2nccc(C3=CC4CCC(C3)C4)n2)cn1.Cn1cc(Nc2nccc(C3=CC4CCC(C3)N4C(=O)CCC(F)(F)F)n2)cn1.Cn1cc(Nc2nccc(C3=CC4CCC(C3)N4C(=O)CCC(F)(F)F)n2)cn1.O=COCCC(F)(F)F. The molecule has 6 bridgehead atoms. The Morgan fingerprint density at radius 1 is 0.545 bits per heavy atom. The largest absolute Gasteiger partial charge is 0.468 e. The summed E-state index contributed by atoms with van der Waals surface area (Å²) in [6.07, 6.45) is 14.6. The number of ether oxygens (including phenoxy) is 1. The second-order valence-corrected chi connectivity index (χ2v) is 22.3. The normalized spacial score (nSPS) is 20.8. The minimum absolute atomic E-state index is 0.00819. The second-order valence-electron chi connectivity index (χ2n) is 22.3. The third kappa shape index (κ3) is 18.2. The molecule has 2 aliphatic carbocycles. The number of fused-ring (bicyclic) bond motifs is 6. The number of hydrogen-bond acceptors (Lipinski definition) is 16. The van der Waals surface area contributed by atoms with E-state index in [0.717, 1.165) is 82.8 Å². The maximum atomic E-state index is 12.5. The molecule has 0 spiro atoms. The molecule has 6 aliphatic rings. The number of rotatable bonds is 16. The van der Waals surface area contributed by atoms with Gasteiger partial charge in [0.05, 0.1) is 90.7 Å². The number of halogens is 9. The second kappa shape index (κ2) is 28.0. The minimum atomic E-state index is -4.32. The molecule has 0 aromatic carbocycles. The van der Waals surface area contributed by atoms with Crippen LogP contribution < -0.4 is 16.0 Å². The summed E-state index contributed by atoms with van der Waals surface area (Å²) >= 11 is 0. The molecule has 21 nitrogen and oxygen atoms in total. The lowest BCUT2D eigenvalue weighted by Gasteiger charge is -2.34. The summed E-state index contributed by atoms with van der Waals surface area (Å²) < 4.78 is 117. The third-order valence-electron chi connectivity index (χ3n) is 15.5. The molecule has 3 N–H and O–H groups in total. The fraction of sp³-hybridized carbons (Fsp3) is 0.483. The highest BCUT2D eigenvalue weighted by Gasteiger charge is 2.43. The van der Waals surface area contributed by atoms with Crippen LogP contribution in [0.25, 0.3) is 16.7 Å². The van der Waals surface area contributed by atoms with Gasteiger partial charge in [0, 0.05) is 83.2 Å². The summed E-state index contributed by atoms with van der Waals surface area (Å²) in [6.45, 7) is -0.598. The summed E-state index contributed by atoms with van der Waals surface area (Å²) in [7, 11) is 5.52. The van der Waals surface area contributed by atoms with Crippen LogP contribution >= 0.6 is 0 Å². The van der Waals surface area contributed by atoms with Crippen molar-refractivity contribution in [3.63, 3.8) is 0 Å². The number of anilines is 6. The smallest absolute Gasteiger partial charge is 0.392 e. The van der Waals surface area contributed by atoms with Crippen LogP contribution in [0.1, 0.15) is 113 Å². The predicted molar refractivity (Wildman–Crippen MR) is 305 cm³/mol. The van der Waals surface area contributed by atoms with Gasteiger partial charge < -0.3 is 30.5 Å². The molecule has 4 aliphatic heterocycles. The molecule has 470 valence electrons. The van der Waals surface area contributed by atoms with Crippen molar-refractivity contribution in [2.75, 3.05) is 22.6 Å². The molecule has 10 heterocycles. The molecule has 88 heavy (non-hydrogen) atoms. The maximum Gasteiger partial charge on any atom is 0.392 e. The molecule has 0 radical (unpaired) electrons.